The first-order valence-electron chi connectivity index (χ1n) is 24.9. The second-order valence-corrected chi connectivity index (χ2v) is 23.8. The number of hydrogen-bond acceptors (Lipinski definition) is 0. The number of nitrogens with zero attached hydrogens (tertiary/aromatic N) is 5. The molecule has 0 N–H and O–H groups in total. The molecule has 3 aliphatic heterocycles. The Kier molecular flexibility index (Phi) is 7.00. The first-order valence-corrected chi connectivity index (χ1v) is 26.9. The smallest absolute Gasteiger partial charge is 0.309 e. The summed E-state index contributed by atoms with van der Waals surface area (Å²) in [4.78, 5) is 0. The van der Waals surface area contributed by atoms with Gasteiger partial charge in [-0.25, -0.2) is 0 Å². The highest BCUT2D eigenvalue weighted by Crippen LogP contribution is 2.51. The highest BCUT2D eigenvalue weighted by atomic mass is 28.3. The lowest BCUT2D eigenvalue weighted by Crippen LogP contribution is -2.86. The summed E-state index contributed by atoms with van der Waals surface area (Å²) in [7, 11) is -3.12. The van der Waals surface area contributed by atoms with E-state index < -0.39 is 13.7 Å². The maximum atomic E-state index is 2.74. The number of aromatic nitrogens is 5. The molecule has 330 valence electrons. The van der Waals surface area contributed by atoms with Gasteiger partial charge >= 0.3 is 5.66 Å². The van der Waals surface area contributed by atoms with Crippen molar-refractivity contribution >= 4 is 99.8 Å². The van der Waals surface area contributed by atoms with E-state index in [0.717, 1.165) is 11.5 Å². The summed E-state index contributed by atoms with van der Waals surface area (Å²) in [5.74, 6) is 1.16. The molecule has 0 saturated heterocycles. The van der Waals surface area contributed by atoms with Crippen molar-refractivity contribution in [2.75, 3.05) is 0 Å². The Morgan fingerprint density at radius 2 is 1.03 bits per heavy atom. The normalized spacial score (nSPS) is 15.9. The highest BCUT2D eigenvalue weighted by molar-refractivity contribution is 7.20. The average Bonchev–Trinajstić information content (AvgIpc) is 4.20. The minimum Gasteiger partial charge on any atom is -0.309 e. The molecule has 1 unspecified atom stereocenters. The predicted octanol–water partition coefficient (Wildman–Crippen LogP) is 10.9. The molecule has 0 radical (unpaired) electrons. The molecule has 0 amide bonds. The van der Waals surface area contributed by atoms with Crippen LogP contribution in [0.15, 0.2) is 225 Å². The number of fused-ring (bicyclic) bond motifs is 11. The Balaban J connectivity index is 1.18. The second-order valence-electron chi connectivity index (χ2n) is 20.1. The number of rotatable bonds is 4. The fraction of sp³-hybridized carbons (Fsp3) is 0.0462. The van der Waals surface area contributed by atoms with Crippen LogP contribution in [0, 0.1) is 13.8 Å². The molecular formula is C65H43N5Si+2. The molecule has 1 atom stereocenters. The largest absolute Gasteiger partial charge is 0.311 e. The SMILES string of the molecule is Cc1cccc(C)c1-c1c[n+]2c3c4c5c(ccc4c4cc6c7ccccc7n(-c7ccccc7)c6cc4n13)[Si](c1ccccc1)(c1ccccc1)c1ccc3c4ccccc4n4c3c1C52[n+]1ccccc1-4. The molecule has 0 saturated carbocycles. The van der Waals surface area contributed by atoms with Crippen LogP contribution in [-0.2, 0) is 5.66 Å². The Labute approximate surface area is 409 Å². The summed E-state index contributed by atoms with van der Waals surface area (Å²) < 4.78 is 13.1. The third-order valence-corrected chi connectivity index (χ3v) is 21.8. The van der Waals surface area contributed by atoms with Crippen LogP contribution in [0.1, 0.15) is 22.3 Å². The maximum absolute atomic E-state index is 3.12. The monoisotopic (exact) mass is 921 g/mol. The van der Waals surface area contributed by atoms with Gasteiger partial charge < -0.3 is 4.57 Å². The van der Waals surface area contributed by atoms with Crippen LogP contribution < -0.4 is 29.9 Å². The van der Waals surface area contributed by atoms with E-state index in [2.05, 4.69) is 261 Å². The minimum atomic E-state index is -3.12. The summed E-state index contributed by atoms with van der Waals surface area (Å²) in [6.07, 6.45) is 4.93. The van der Waals surface area contributed by atoms with Crippen LogP contribution in [0.5, 0.6) is 0 Å². The van der Waals surface area contributed by atoms with E-state index in [0.29, 0.717) is 0 Å². The van der Waals surface area contributed by atoms with Crippen molar-refractivity contribution in [3.63, 3.8) is 0 Å². The van der Waals surface area contributed by atoms with E-state index in [1.54, 1.807) is 0 Å². The Hall–Kier alpha value is -8.84. The van der Waals surface area contributed by atoms with E-state index in [9.17, 15) is 0 Å². The van der Waals surface area contributed by atoms with Crippen molar-refractivity contribution in [3.8, 4) is 22.8 Å². The predicted molar refractivity (Wildman–Crippen MR) is 292 cm³/mol. The van der Waals surface area contributed by atoms with Crippen molar-refractivity contribution in [1.82, 2.24) is 13.5 Å². The van der Waals surface area contributed by atoms with Gasteiger partial charge in [-0.1, -0.05) is 152 Å². The van der Waals surface area contributed by atoms with E-state index in [1.807, 2.05) is 0 Å². The van der Waals surface area contributed by atoms with Crippen molar-refractivity contribution < 1.29 is 9.13 Å². The van der Waals surface area contributed by atoms with Crippen LogP contribution in [0.4, 0.5) is 0 Å². The van der Waals surface area contributed by atoms with Gasteiger partial charge in [-0.05, 0) is 94.3 Å². The lowest BCUT2D eigenvalue weighted by Gasteiger charge is -2.45. The van der Waals surface area contributed by atoms with Gasteiger partial charge in [0.25, 0.3) is 11.5 Å². The molecule has 17 rings (SSSR count). The van der Waals surface area contributed by atoms with Gasteiger partial charge in [0, 0.05) is 55.7 Å². The Morgan fingerprint density at radius 3 is 1.75 bits per heavy atom. The van der Waals surface area contributed by atoms with Crippen LogP contribution in [0.2, 0.25) is 0 Å². The number of aryl methyl sites for hydroxylation is 2. The quantitative estimate of drug-likeness (QED) is 0.0953. The van der Waals surface area contributed by atoms with E-state index >= 15 is 0 Å². The van der Waals surface area contributed by atoms with Crippen molar-refractivity contribution in [3.05, 3.63) is 247 Å². The number of benzene rings is 9. The number of pyridine rings is 2. The molecule has 5 nitrogen and oxygen atoms in total. The molecule has 1 spiro atoms. The summed E-state index contributed by atoms with van der Waals surface area (Å²) >= 11 is 0. The van der Waals surface area contributed by atoms with Crippen LogP contribution >= 0.6 is 0 Å². The molecule has 3 aliphatic rings. The molecule has 0 bridgehead atoms. The van der Waals surface area contributed by atoms with Crippen molar-refractivity contribution in [2.45, 2.75) is 19.5 Å². The lowest BCUT2D eigenvalue weighted by atomic mass is 9.85. The van der Waals surface area contributed by atoms with Crippen LogP contribution in [0.3, 0.4) is 0 Å². The minimum absolute atomic E-state index is 0.796. The third-order valence-electron chi connectivity index (χ3n) is 17.0. The Morgan fingerprint density at radius 1 is 0.437 bits per heavy atom. The van der Waals surface area contributed by atoms with Crippen molar-refractivity contribution in [2.24, 2.45) is 0 Å². The average molecular weight is 922 g/mol. The first-order chi connectivity index (χ1) is 35.1. The van der Waals surface area contributed by atoms with Gasteiger partial charge in [-0.15, -0.1) is 0 Å². The number of para-hydroxylation sites is 3. The van der Waals surface area contributed by atoms with Gasteiger partial charge in [-0.3, -0.25) is 0 Å². The standard InChI is InChI=1S/C65H43N5Si/c1-40-19-18-20-41(2)59(40)55-39-67-64-60-47(50-37-49-46-28-13-14-29-51(46)68(42-21-6-3-7-22-42)53(49)38-54(50)69(55)64)32-34-56-61(60)65(67)62-57(71(56,43-23-8-4-9-24-43)44-25-10-5-11-26-44)35-33-48-45-27-12-15-30-52(45)70(63(48)62)58-31-16-17-36-66(58)65/h3-39H,1-2H3/q+2. The molecule has 14 aromatic rings. The fourth-order valence-corrected chi connectivity index (χ4v) is 19.7. The summed E-state index contributed by atoms with van der Waals surface area (Å²) in [5, 5.41) is 14.6. The summed E-state index contributed by atoms with van der Waals surface area (Å²) in [6.45, 7) is 4.58. The fourth-order valence-electron chi connectivity index (χ4n) is 14.5. The zero-order chi connectivity index (χ0) is 46.5. The highest BCUT2D eigenvalue weighted by Gasteiger charge is 2.68. The van der Waals surface area contributed by atoms with Crippen molar-refractivity contribution in [1.29, 1.82) is 0 Å². The van der Waals surface area contributed by atoms with Gasteiger partial charge in [0.2, 0.25) is 0 Å². The zero-order valence-electron chi connectivity index (χ0n) is 39.1. The Bertz CT molecular complexity index is 4660. The van der Waals surface area contributed by atoms with Crippen LogP contribution in [0.25, 0.3) is 93.7 Å². The maximum Gasteiger partial charge on any atom is 0.311 e. The molecule has 5 aromatic heterocycles. The lowest BCUT2D eigenvalue weighted by molar-refractivity contribution is -0.955. The number of imidazole rings is 1. The molecule has 6 heteroatoms. The summed E-state index contributed by atoms with van der Waals surface area (Å²) in [6, 6.07) is 80.8. The summed E-state index contributed by atoms with van der Waals surface area (Å²) in [5.41, 5.74) is 15.5. The molecule has 9 aromatic carbocycles. The zero-order valence-corrected chi connectivity index (χ0v) is 40.1. The number of hydrogen-bond donors (Lipinski definition) is 0. The second kappa shape index (κ2) is 13.1. The van der Waals surface area contributed by atoms with E-state index in [1.165, 1.54) is 125 Å². The molecule has 0 fully saturated rings. The van der Waals surface area contributed by atoms with E-state index in [4.69, 9.17) is 0 Å². The van der Waals surface area contributed by atoms with E-state index in [-0.39, 0.29) is 0 Å². The van der Waals surface area contributed by atoms with Gasteiger partial charge in [0.05, 0.1) is 33.7 Å². The van der Waals surface area contributed by atoms with Gasteiger partial charge in [0.1, 0.15) is 17.2 Å². The molecular weight excluding hydrogens is 879 g/mol. The van der Waals surface area contributed by atoms with Gasteiger partial charge in [-0.2, -0.15) is 18.1 Å². The van der Waals surface area contributed by atoms with Crippen LogP contribution in [-0.4, -0.2) is 21.6 Å². The molecule has 71 heavy (non-hydrogen) atoms. The van der Waals surface area contributed by atoms with Gasteiger partial charge in [0.15, 0.2) is 19.3 Å². The molecule has 8 heterocycles. The third kappa shape index (κ3) is 4.26. The molecule has 0 aliphatic carbocycles. The first kappa shape index (κ1) is 38.1. The topological polar surface area (TPSA) is 22.0 Å².